The van der Waals surface area contributed by atoms with Crippen molar-refractivity contribution in [2.45, 2.75) is 26.7 Å². The lowest BCUT2D eigenvalue weighted by Gasteiger charge is -2.25. The third-order valence-corrected chi connectivity index (χ3v) is 8.88. The first-order valence-corrected chi connectivity index (χ1v) is 15.3. The lowest BCUT2D eigenvalue weighted by atomic mass is 10.1. The molecule has 0 spiro atoms. The molecule has 1 atom stereocenters. The molecular weight excluding hydrogens is 562 g/mol. The SMILES string of the molecule is CCN=C(c1nc(-c2cnc(N3CCCCS3=O)nc2)ccc1N)N(CC)c1nc(-c2ccc(F)cc2)c(C#N)s1. The van der Waals surface area contributed by atoms with Crippen LogP contribution in [-0.4, -0.2) is 55.4 Å². The van der Waals surface area contributed by atoms with Crippen LogP contribution >= 0.6 is 11.3 Å². The van der Waals surface area contributed by atoms with Gasteiger partial charge in [-0.05, 0) is 63.1 Å². The number of halogens is 1. The highest BCUT2D eigenvalue weighted by molar-refractivity contribution is 7.86. The van der Waals surface area contributed by atoms with Gasteiger partial charge in [-0.3, -0.25) is 9.30 Å². The lowest BCUT2D eigenvalue weighted by Crippen LogP contribution is -2.34. The topological polar surface area (TPSA) is 137 Å². The molecule has 1 aliphatic rings. The number of pyridine rings is 1. The number of amidine groups is 1. The second-order valence-corrected chi connectivity index (χ2v) is 11.5. The Labute approximate surface area is 244 Å². The zero-order chi connectivity index (χ0) is 28.9. The number of aliphatic imine (C=N–C) groups is 1. The summed E-state index contributed by atoms with van der Waals surface area (Å²) < 4.78 is 27.6. The summed E-state index contributed by atoms with van der Waals surface area (Å²) in [4.78, 5) is 25.5. The van der Waals surface area contributed by atoms with E-state index in [1.807, 2.05) is 18.7 Å². The average Bonchev–Trinajstić information content (AvgIpc) is 3.42. The zero-order valence-corrected chi connectivity index (χ0v) is 24.3. The van der Waals surface area contributed by atoms with E-state index in [1.54, 1.807) is 41.0 Å². The number of nitrogens with two attached hydrogens (primary N) is 1. The van der Waals surface area contributed by atoms with Crippen LogP contribution in [0.2, 0.25) is 0 Å². The summed E-state index contributed by atoms with van der Waals surface area (Å²) in [5.41, 5.74) is 9.71. The van der Waals surface area contributed by atoms with E-state index >= 15 is 0 Å². The molecule has 0 saturated carbocycles. The molecule has 10 nitrogen and oxygen atoms in total. The summed E-state index contributed by atoms with van der Waals surface area (Å²) in [6, 6.07) is 11.7. The van der Waals surface area contributed by atoms with Crippen molar-refractivity contribution in [3.63, 3.8) is 0 Å². The van der Waals surface area contributed by atoms with Crippen molar-refractivity contribution in [3.8, 4) is 28.6 Å². The van der Waals surface area contributed by atoms with Crippen molar-refractivity contribution >= 4 is 44.9 Å². The van der Waals surface area contributed by atoms with Gasteiger partial charge in [-0.25, -0.2) is 28.5 Å². The predicted octanol–water partition coefficient (Wildman–Crippen LogP) is 4.81. The van der Waals surface area contributed by atoms with Gasteiger partial charge in [-0.1, -0.05) is 11.3 Å². The number of nitrogens with zero attached hydrogens (tertiary/aromatic N) is 8. The molecule has 1 aliphatic heterocycles. The second kappa shape index (κ2) is 12.5. The summed E-state index contributed by atoms with van der Waals surface area (Å²) in [5.74, 6) is 1.20. The van der Waals surface area contributed by atoms with Gasteiger partial charge in [0.15, 0.2) is 11.0 Å². The van der Waals surface area contributed by atoms with E-state index < -0.39 is 11.0 Å². The van der Waals surface area contributed by atoms with Crippen molar-refractivity contribution < 1.29 is 8.60 Å². The van der Waals surface area contributed by atoms with Gasteiger partial charge in [0.1, 0.15) is 39.1 Å². The van der Waals surface area contributed by atoms with Crippen LogP contribution in [0, 0.1) is 17.1 Å². The number of aromatic nitrogens is 4. The Morgan fingerprint density at radius 2 is 1.90 bits per heavy atom. The lowest BCUT2D eigenvalue weighted by molar-refractivity contribution is 0.628. The molecule has 0 bridgehead atoms. The number of hydrogen-bond acceptors (Lipinski definition) is 9. The molecule has 41 heavy (non-hydrogen) atoms. The molecule has 1 fully saturated rings. The molecule has 0 amide bonds. The molecule has 5 rings (SSSR count). The van der Waals surface area contributed by atoms with Gasteiger partial charge in [0.05, 0.1) is 11.4 Å². The van der Waals surface area contributed by atoms with Crippen LogP contribution in [0.15, 0.2) is 53.8 Å². The number of benzene rings is 1. The van der Waals surface area contributed by atoms with Gasteiger partial charge in [-0.2, -0.15) is 5.26 Å². The standard InChI is InChI=1S/C28H28FN9OS2/c1-3-32-26(37(4-2)28-36-24(23(15-30)40-28)18-7-9-20(29)10-8-18)25-21(31)11-12-22(35-25)19-16-33-27(34-17-19)38-13-5-6-14-41(38)39/h7-12,16-17H,3-6,13-14,31H2,1-2H3. The average molecular weight is 590 g/mol. The van der Waals surface area contributed by atoms with Gasteiger partial charge >= 0.3 is 0 Å². The molecular formula is C28H28FN9OS2. The van der Waals surface area contributed by atoms with Crippen LogP contribution < -0.4 is 14.9 Å². The highest BCUT2D eigenvalue weighted by Gasteiger charge is 2.25. The van der Waals surface area contributed by atoms with Crippen molar-refractivity contribution in [2.24, 2.45) is 4.99 Å². The first-order valence-electron chi connectivity index (χ1n) is 13.2. The van der Waals surface area contributed by atoms with Crippen molar-refractivity contribution in [1.29, 1.82) is 5.26 Å². The zero-order valence-electron chi connectivity index (χ0n) is 22.6. The molecule has 4 aromatic rings. The monoisotopic (exact) mass is 589 g/mol. The van der Waals surface area contributed by atoms with E-state index in [9.17, 15) is 13.9 Å². The number of nitrogen functional groups attached to an aromatic ring is 1. The number of rotatable bonds is 7. The van der Waals surface area contributed by atoms with Crippen LogP contribution in [0.1, 0.15) is 37.3 Å². The molecule has 4 heterocycles. The molecule has 1 saturated heterocycles. The fourth-order valence-electron chi connectivity index (χ4n) is 4.39. The number of thiazole rings is 1. The maximum absolute atomic E-state index is 13.5. The minimum atomic E-state index is -1.12. The predicted molar refractivity (Wildman–Crippen MR) is 162 cm³/mol. The quantitative estimate of drug-likeness (QED) is 0.239. The Kier molecular flexibility index (Phi) is 8.61. The Bertz CT molecular complexity index is 1630. The van der Waals surface area contributed by atoms with E-state index in [4.69, 9.17) is 20.7 Å². The summed E-state index contributed by atoms with van der Waals surface area (Å²) in [5, 5.41) is 10.4. The number of hydrogen-bond donors (Lipinski definition) is 1. The minimum Gasteiger partial charge on any atom is -0.397 e. The minimum absolute atomic E-state index is 0.363. The summed E-state index contributed by atoms with van der Waals surface area (Å²) in [7, 11) is -1.12. The van der Waals surface area contributed by atoms with Gasteiger partial charge in [0.25, 0.3) is 0 Å². The summed E-state index contributed by atoms with van der Waals surface area (Å²) in [6.07, 6.45) is 5.22. The molecule has 13 heteroatoms. The second-order valence-electron chi connectivity index (χ2n) is 9.08. The molecule has 1 unspecified atom stereocenters. The third-order valence-electron chi connectivity index (χ3n) is 6.42. The summed E-state index contributed by atoms with van der Waals surface area (Å²) in [6.45, 7) is 5.47. The fraction of sp³-hybridized carbons (Fsp3) is 0.286. The van der Waals surface area contributed by atoms with Crippen LogP contribution in [-0.2, 0) is 11.0 Å². The maximum Gasteiger partial charge on any atom is 0.237 e. The van der Waals surface area contributed by atoms with Crippen LogP contribution in [0.3, 0.4) is 0 Å². The van der Waals surface area contributed by atoms with Gasteiger partial charge < -0.3 is 10.6 Å². The van der Waals surface area contributed by atoms with Gasteiger partial charge in [-0.15, -0.1) is 0 Å². The van der Waals surface area contributed by atoms with Gasteiger partial charge in [0, 0.05) is 48.9 Å². The van der Waals surface area contributed by atoms with Crippen molar-refractivity contribution in [2.75, 3.05) is 40.3 Å². The van der Waals surface area contributed by atoms with Crippen LogP contribution in [0.25, 0.3) is 22.5 Å². The highest BCUT2D eigenvalue weighted by atomic mass is 32.2. The Balaban J connectivity index is 1.50. The molecule has 3 aromatic heterocycles. The van der Waals surface area contributed by atoms with E-state index in [0.717, 1.165) is 12.8 Å². The van der Waals surface area contributed by atoms with E-state index in [-0.39, 0.29) is 5.82 Å². The largest absolute Gasteiger partial charge is 0.397 e. The summed E-state index contributed by atoms with van der Waals surface area (Å²) >= 11 is 1.22. The third kappa shape index (κ3) is 5.94. The fourth-order valence-corrected chi connectivity index (χ4v) is 6.62. The van der Waals surface area contributed by atoms with Crippen LogP contribution in [0.4, 0.5) is 21.2 Å². The Morgan fingerprint density at radius 1 is 1.15 bits per heavy atom. The van der Waals surface area contributed by atoms with Gasteiger partial charge in [0.2, 0.25) is 5.95 Å². The molecule has 210 valence electrons. The number of anilines is 3. The molecule has 1 aromatic carbocycles. The van der Waals surface area contributed by atoms with Crippen molar-refractivity contribution in [3.05, 3.63) is 65.2 Å². The van der Waals surface area contributed by atoms with E-state index in [0.29, 0.717) is 81.1 Å². The Hall–Kier alpha value is -4.28. The van der Waals surface area contributed by atoms with E-state index in [2.05, 4.69) is 16.0 Å². The molecule has 0 radical (unpaired) electrons. The van der Waals surface area contributed by atoms with Crippen molar-refractivity contribution in [1.82, 2.24) is 19.9 Å². The smallest absolute Gasteiger partial charge is 0.237 e. The first kappa shape index (κ1) is 28.3. The molecule has 0 aliphatic carbocycles. The first-order chi connectivity index (χ1) is 19.9. The highest BCUT2D eigenvalue weighted by Crippen LogP contribution is 2.34. The van der Waals surface area contributed by atoms with E-state index in [1.165, 1.54) is 23.5 Å². The normalized spacial score (nSPS) is 15.5. The Morgan fingerprint density at radius 3 is 2.56 bits per heavy atom. The number of nitriles is 1. The molecule has 2 N–H and O–H groups in total. The maximum atomic E-state index is 13.5. The van der Waals surface area contributed by atoms with Crippen LogP contribution in [0.5, 0.6) is 0 Å².